The van der Waals surface area contributed by atoms with Gasteiger partial charge in [0.25, 0.3) is 0 Å². The lowest BCUT2D eigenvalue weighted by Crippen LogP contribution is -2.52. The van der Waals surface area contributed by atoms with Gasteiger partial charge in [0.2, 0.25) is 11.8 Å². The van der Waals surface area contributed by atoms with Crippen molar-refractivity contribution in [2.75, 3.05) is 19.6 Å². The van der Waals surface area contributed by atoms with E-state index in [4.69, 9.17) is 5.73 Å². The summed E-state index contributed by atoms with van der Waals surface area (Å²) in [6, 6.07) is -0.445. The third-order valence-corrected chi connectivity index (χ3v) is 3.76. The monoisotopic (exact) mass is 269 g/mol. The van der Waals surface area contributed by atoms with Gasteiger partial charge >= 0.3 is 0 Å². The first-order valence-corrected chi connectivity index (χ1v) is 7.00. The van der Waals surface area contributed by atoms with Crippen LogP contribution in [0.5, 0.6) is 0 Å². The van der Waals surface area contributed by atoms with Gasteiger partial charge in [-0.25, -0.2) is 0 Å². The molecule has 2 amide bonds. The Hall–Kier alpha value is -1.10. The highest BCUT2D eigenvalue weighted by molar-refractivity contribution is 5.82. The van der Waals surface area contributed by atoms with Crippen molar-refractivity contribution in [3.8, 4) is 0 Å². The summed E-state index contributed by atoms with van der Waals surface area (Å²) < 4.78 is 0. The van der Waals surface area contributed by atoms with E-state index < -0.39 is 6.04 Å². The van der Waals surface area contributed by atoms with E-state index in [-0.39, 0.29) is 17.2 Å². The molecule has 1 aliphatic heterocycles. The number of amides is 2. The van der Waals surface area contributed by atoms with Crippen LogP contribution in [0.1, 0.15) is 40.5 Å². The van der Waals surface area contributed by atoms with E-state index in [1.54, 1.807) is 0 Å². The molecular formula is C14H27N3O2. The third kappa shape index (κ3) is 4.82. The molecule has 1 fully saturated rings. The molecule has 5 nitrogen and oxygen atoms in total. The number of nitrogens with one attached hydrogen (secondary N) is 1. The van der Waals surface area contributed by atoms with E-state index in [1.807, 2.05) is 25.7 Å². The first-order valence-electron chi connectivity index (χ1n) is 7.00. The van der Waals surface area contributed by atoms with Crippen molar-refractivity contribution >= 4 is 11.8 Å². The number of hydrogen-bond donors (Lipinski definition) is 2. The minimum Gasteiger partial charge on any atom is -0.356 e. The molecule has 0 aromatic carbocycles. The fraction of sp³-hybridized carbons (Fsp3) is 0.857. The van der Waals surface area contributed by atoms with Crippen LogP contribution in [-0.2, 0) is 9.59 Å². The molecule has 1 aliphatic rings. The van der Waals surface area contributed by atoms with Crippen molar-refractivity contribution in [3.63, 3.8) is 0 Å². The molecule has 1 atom stereocenters. The molecule has 110 valence electrons. The maximum absolute atomic E-state index is 12.2. The van der Waals surface area contributed by atoms with Crippen molar-refractivity contribution in [1.82, 2.24) is 10.2 Å². The Kier molecular flexibility index (Phi) is 5.35. The summed E-state index contributed by atoms with van der Waals surface area (Å²) in [7, 11) is 0. The number of hydrogen-bond acceptors (Lipinski definition) is 3. The number of carbonyl (C=O) groups is 2. The smallest absolute Gasteiger partial charge is 0.240 e. The predicted octanol–water partition coefficient (Wildman–Crippen LogP) is 0.735. The zero-order valence-corrected chi connectivity index (χ0v) is 12.5. The fourth-order valence-electron chi connectivity index (χ4n) is 2.21. The van der Waals surface area contributed by atoms with Crippen LogP contribution < -0.4 is 11.1 Å². The molecule has 19 heavy (non-hydrogen) atoms. The predicted molar refractivity (Wildman–Crippen MR) is 75.4 cm³/mol. The van der Waals surface area contributed by atoms with E-state index in [2.05, 4.69) is 5.32 Å². The van der Waals surface area contributed by atoms with Crippen LogP contribution in [0.3, 0.4) is 0 Å². The average molecular weight is 269 g/mol. The van der Waals surface area contributed by atoms with Crippen molar-refractivity contribution in [1.29, 1.82) is 0 Å². The van der Waals surface area contributed by atoms with Crippen LogP contribution in [0.2, 0.25) is 0 Å². The number of carbonyl (C=O) groups excluding carboxylic acids is 2. The molecule has 0 aliphatic carbocycles. The van der Waals surface area contributed by atoms with E-state index >= 15 is 0 Å². The summed E-state index contributed by atoms with van der Waals surface area (Å²) in [6.45, 7) is 9.68. The molecule has 3 N–H and O–H groups in total. The minimum absolute atomic E-state index is 0.00765. The fourth-order valence-corrected chi connectivity index (χ4v) is 2.21. The molecule has 1 saturated heterocycles. The van der Waals surface area contributed by atoms with E-state index in [0.717, 1.165) is 25.9 Å². The zero-order valence-electron chi connectivity index (χ0n) is 12.5. The first-order chi connectivity index (χ1) is 8.71. The lowest BCUT2D eigenvalue weighted by atomic mass is 9.86. The van der Waals surface area contributed by atoms with Crippen molar-refractivity contribution in [2.24, 2.45) is 17.1 Å². The van der Waals surface area contributed by atoms with Gasteiger partial charge in [0.05, 0.1) is 6.04 Å². The third-order valence-electron chi connectivity index (χ3n) is 3.76. The molecule has 0 radical (unpaired) electrons. The number of nitrogens with two attached hydrogens (primary N) is 1. The molecule has 1 rings (SSSR count). The lowest BCUT2D eigenvalue weighted by Gasteiger charge is -2.36. The summed E-state index contributed by atoms with van der Waals surface area (Å²) in [5.41, 5.74) is 5.81. The van der Waals surface area contributed by atoms with Gasteiger partial charge in [0, 0.05) is 26.6 Å². The standard InChI is InChI=1S/C14H27N3O2/c1-10(18)16-9-11-5-7-17(8-6-11)13(19)12(15)14(2,3)4/h11-12H,5-9,15H2,1-4H3,(H,16,18)/t12-/m1/s1. The second kappa shape index (κ2) is 6.37. The summed E-state index contributed by atoms with van der Waals surface area (Å²) in [4.78, 5) is 25.0. The Bertz CT molecular complexity index is 328. The number of rotatable bonds is 3. The molecule has 5 heteroatoms. The molecule has 0 bridgehead atoms. The maximum Gasteiger partial charge on any atom is 0.240 e. The summed E-state index contributed by atoms with van der Waals surface area (Å²) in [5, 5.41) is 2.84. The van der Waals surface area contributed by atoms with E-state index in [0.29, 0.717) is 12.5 Å². The Morgan fingerprint density at radius 1 is 1.32 bits per heavy atom. The van der Waals surface area contributed by atoms with Crippen LogP contribution in [0.15, 0.2) is 0 Å². The molecule has 0 spiro atoms. The van der Waals surface area contributed by atoms with Gasteiger partial charge in [-0.1, -0.05) is 20.8 Å². The molecule has 1 heterocycles. The maximum atomic E-state index is 12.2. The van der Waals surface area contributed by atoms with Crippen LogP contribution in [-0.4, -0.2) is 42.4 Å². The van der Waals surface area contributed by atoms with Crippen molar-refractivity contribution in [3.05, 3.63) is 0 Å². The lowest BCUT2D eigenvalue weighted by molar-refractivity contribution is -0.136. The molecular weight excluding hydrogens is 242 g/mol. The Morgan fingerprint density at radius 2 is 1.84 bits per heavy atom. The molecule has 0 aromatic heterocycles. The Morgan fingerprint density at radius 3 is 2.26 bits per heavy atom. The van der Waals surface area contributed by atoms with Gasteiger partial charge < -0.3 is 16.0 Å². The summed E-state index contributed by atoms with van der Waals surface area (Å²) in [6.07, 6.45) is 1.87. The number of likely N-dealkylation sites (tertiary alicyclic amines) is 1. The molecule has 0 aromatic rings. The van der Waals surface area contributed by atoms with Gasteiger partial charge in [0.1, 0.15) is 0 Å². The van der Waals surface area contributed by atoms with E-state index in [9.17, 15) is 9.59 Å². The Labute approximate surface area is 115 Å². The van der Waals surface area contributed by atoms with E-state index in [1.165, 1.54) is 6.92 Å². The molecule has 0 saturated carbocycles. The Balaban J connectivity index is 2.41. The minimum atomic E-state index is -0.445. The van der Waals surface area contributed by atoms with Crippen LogP contribution in [0, 0.1) is 11.3 Å². The van der Waals surface area contributed by atoms with Crippen molar-refractivity contribution in [2.45, 2.75) is 46.6 Å². The van der Waals surface area contributed by atoms with Crippen molar-refractivity contribution < 1.29 is 9.59 Å². The van der Waals surface area contributed by atoms with Crippen LogP contribution in [0.25, 0.3) is 0 Å². The summed E-state index contributed by atoms with van der Waals surface area (Å²) in [5.74, 6) is 0.526. The topological polar surface area (TPSA) is 75.4 Å². The summed E-state index contributed by atoms with van der Waals surface area (Å²) >= 11 is 0. The normalized spacial score (nSPS) is 19.1. The quantitative estimate of drug-likeness (QED) is 0.793. The largest absolute Gasteiger partial charge is 0.356 e. The highest BCUT2D eigenvalue weighted by Crippen LogP contribution is 2.22. The highest BCUT2D eigenvalue weighted by Gasteiger charge is 2.32. The van der Waals surface area contributed by atoms with Gasteiger partial charge in [-0.3, -0.25) is 9.59 Å². The van der Waals surface area contributed by atoms with Gasteiger partial charge in [-0.05, 0) is 24.2 Å². The van der Waals surface area contributed by atoms with Gasteiger partial charge in [-0.15, -0.1) is 0 Å². The first kappa shape index (κ1) is 16.0. The molecule has 0 unspecified atom stereocenters. The SMILES string of the molecule is CC(=O)NCC1CCN(C(=O)[C@@H](N)C(C)(C)C)CC1. The average Bonchev–Trinajstić information content (AvgIpc) is 2.34. The van der Waals surface area contributed by atoms with Crippen LogP contribution in [0.4, 0.5) is 0 Å². The number of nitrogens with zero attached hydrogens (tertiary/aromatic N) is 1. The second-order valence-corrected chi connectivity index (χ2v) is 6.55. The number of piperidine rings is 1. The zero-order chi connectivity index (χ0) is 14.6. The highest BCUT2D eigenvalue weighted by atomic mass is 16.2. The van der Waals surface area contributed by atoms with Gasteiger partial charge in [0.15, 0.2) is 0 Å². The van der Waals surface area contributed by atoms with Gasteiger partial charge in [-0.2, -0.15) is 0 Å². The van der Waals surface area contributed by atoms with Crippen LogP contribution >= 0.6 is 0 Å². The second-order valence-electron chi connectivity index (χ2n) is 6.55.